The van der Waals surface area contributed by atoms with Gasteiger partial charge in [-0.25, -0.2) is 0 Å². The molecule has 1 aromatic heterocycles. The van der Waals surface area contributed by atoms with Gasteiger partial charge in [-0.15, -0.1) is 10.2 Å². The Bertz CT molecular complexity index is 353. The zero-order valence-corrected chi connectivity index (χ0v) is 9.63. The van der Waals surface area contributed by atoms with Gasteiger partial charge in [-0.2, -0.15) is 4.80 Å². The van der Waals surface area contributed by atoms with Crippen molar-refractivity contribution < 1.29 is 5.11 Å². The summed E-state index contributed by atoms with van der Waals surface area (Å²) in [5.74, 6) is 0.675. The maximum atomic E-state index is 10.1. The van der Waals surface area contributed by atoms with E-state index < -0.39 is 0 Å². The minimum atomic E-state index is -0.338. The van der Waals surface area contributed by atoms with Gasteiger partial charge in [0.25, 0.3) is 0 Å². The van der Waals surface area contributed by atoms with Crippen molar-refractivity contribution in [3.63, 3.8) is 0 Å². The van der Waals surface area contributed by atoms with Gasteiger partial charge < -0.3 is 10.8 Å². The summed E-state index contributed by atoms with van der Waals surface area (Å²) >= 11 is 0. The monoisotopic (exact) mass is 225 g/mol. The number of rotatable bonds is 3. The minimum absolute atomic E-state index is 0.249. The molecule has 0 radical (unpaired) electrons. The second-order valence-electron chi connectivity index (χ2n) is 4.70. The van der Waals surface area contributed by atoms with Crippen molar-refractivity contribution in [3.8, 4) is 0 Å². The average molecular weight is 225 g/mol. The fourth-order valence-corrected chi connectivity index (χ4v) is 2.51. The molecule has 16 heavy (non-hydrogen) atoms. The van der Waals surface area contributed by atoms with Gasteiger partial charge in [-0.1, -0.05) is 12.8 Å². The second-order valence-corrected chi connectivity index (χ2v) is 4.70. The molecular formula is C10H19N5O. The molecule has 2 unspecified atom stereocenters. The molecule has 1 fully saturated rings. The zero-order chi connectivity index (χ0) is 11.6. The number of aliphatic hydroxyl groups excluding tert-OH is 1. The lowest BCUT2D eigenvalue weighted by atomic mass is 9.69. The van der Waals surface area contributed by atoms with Gasteiger partial charge in [-0.05, 0) is 18.1 Å². The van der Waals surface area contributed by atoms with Crippen LogP contribution in [0.3, 0.4) is 0 Å². The highest BCUT2D eigenvalue weighted by atomic mass is 16.3. The van der Waals surface area contributed by atoms with Crippen molar-refractivity contribution in [3.05, 3.63) is 5.82 Å². The first kappa shape index (κ1) is 11.5. The van der Waals surface area contributed by atoms with Gasteiger partial charge in [0, 0.05) is 18.4 Å². The first-order chi connectivity index (χ1) is 7.66. The predicted octanol–water partition coefficient (Wildman–Crippen LogP) is -0.367. The summed E-state index contributed by atoms with van der Waals surface area (Å²) in [6, 6.07) is 0. The molecule has 1 saturated carbocycles. The molecule has 0 amide bonds. The molecule has 6 nitrogen and oxygen atoms in total. The van der Waals surface area contributed by atoms with E-state index in [1.165, 1.54) is 4.80 Å². The van der Waals surface area contributed by atoms with Crippen molar-refractivity contribution in [1.29, 1.82) is 0 Å². The Kier molecular flexibility index (Phi) is 3.20. The number of aromatic nitrogens is 4. The average Bonchev–Trinajstić information content (AvgIpc) is 2.67. The largest absolute Gasteiger partial charge is 0.392 e. The van der Waals surface area contributed by atoms with Gasteiger partial charge in [-0.3, -0.25) is 0 Å². The summed E-state index contributed by atoms with van der Waals surface area (Å²) in [6.07, 6.45) is 4.26. The molecule has 1 heterocycles. The van der Waals surface area contributed by atoms with Gasteiger partial charge in [0.05, 0.1) is 13.2 Å². The summed E-state index contributed by atoms with van der Waals surface area (Å²) in [7, 11) is 1.74. The lowest BCUT2D eigenvalue weighted by Crippen LogP contribution is -2.46. The molecule has 1 aliphatic rings. The number of hydrogen-bond donors (Lipinski definition) is 2. The quantitative estimate of drug-likeness (QED) is 0.732. The molecule has 90 valence electrons. The lowest BCUT2D eigenvalue weighted by Gasteiger charge is -2.39. The number of aliphatic hydroxyl groups is 1. The third-order valence-corrected chi connectivity index (χ3v) is 3.58. The standard InChI is InChI=1S/C10H19N5O/c1-15-13-9(12-14-15)6-10(7-11)5-3-2-4-8(10)16/h8,16H,2-7,11H2,1H3. The van der Waals surface area contributed by atoms with Gasteiger partial charge in [0.15, 0.2) is 5.82 Å². The highest BCUT2D eigenvalue weighted by Crippen LogP contribution is 2.37. The Labute approximate surface area is 94.8 Å². The normalized spacial score (nSPS) is 30.6. The van der Waals surface area contributed by atoms with Crippen LogP contribution in [0.1, 0.15) is 31.5 Å². The smallest absolute Gasteiger partial charge is 0.175 e. The number of aryl methyl sites for hydroxylation is 1. The summed E-state index contributed by atoms with van der Waals surface area (Å²) in [5, 5.41) is 22.1. The summed E-state index contributed by atoms with van der Waals surface area (Å²) in [4.78, 5) is 1.44. The maximum Gasteiger partial charge on any atom is 0.175 e. The Morgan fingerprint density at radius 3 is 2.94 bits per heavy atom. The Balaban J connectivity index is 2.14. The number of hydrogen-bond acceptors (Lipinski definition) is 5. The van der Waals surface area contributed by atoms with Crippen molar-refractivity contribution >= 4 is 0 Å². The van der Waals surface area contributed by atoms with E-state index in [2.05, 4.69) is 15.4 Å². The minimum Gasteiger partial charge on any atom is -0.392 e. The topological polar surface area (TPSA) is 89.9 Å². The molecule has 2 rings (SSSR count). The van der Waals surface area contributed by atoms with Crippen molar-refractivity contribution in [2.24, 2.45) is 18.2 Å². The number of nitrogens with zero attached hydrogens (tertiary/aromatic N) is 4. The predicted molar refractivity (Wildman–Crippen MR) is 58.5 cm³/mol. The number of tetrazole rings is 1. The van der Waals surface area contributed by atoms with Gasteiger partial charge in [0.2, 0.25) is 0 Å². The van der Waals surface area contributed by atoms with E-state index in [0.29, 0.717) is 18.8 Å². The van der Waals surface area contributed by atoms with E-state index >= 15 is 0 Å². The molecule has 2 atom stereocenters. The number of nitrogens with two attached hydrogens (primary N) is 1. The van der Waals surface area contributed by atoms with E-state index in [1.807, 2.05) is 0 Å². The van der Waals surface area contributed by atoms with Crippen LogP contribution < -0.4 is 5.73 Å². The molecule has 1 aromatic rings. The van der Waals surface area contributed by atoms with E-state index in [1.54, 1.807) is 7.05 Å². The molecule has 0 aromatic carbocycles. The van der Waals surface area contributed by atoms with Crippen LogP contribution in [0.4, 0.5) is 0 Å². The lowest BCUT2D eigenvalue weighted by molar-refractivity contribution is -0.00713. The molecular weight excluding hydrogens is 206 g/mol. The van der Waals surface area contributed by atoms with Crippen molar-refractivity contribution in [2.75, 3.05) is 6.54 Å². The first-order valence-corrected chi connectivity index (χ1v) is 5.77. The second kappa shape index (κ2) is 4.47. The van der Waals surface area contributed by atoms with Crippen LogP contribution in [0.15, 0.2) is 0 Å². The molecule has 0 saturated heterocycles. The first-order valence-electron chi connectivity index (χ1n) is 5.77. The fourth-order valence-electron chi connectivity index (χ4n) is 2.51. The molecule has 1 aliphatic carbocycles. The third kappa shape index (κ3) is 2.08. The fraction of sp³-hybridized carbons (Fsp3) is 0.900. The van der Waals surface area contributed by atoms with E-state index in [4.69, 9.17) is 5.73 Å². The van der Waals surface area contributed by atoms with E-state index in [-0.39, 0.29) is 11.5 Å². The van der Waals surface area contributed by atoms with Crippen molar-refractivity contribution in [2.45, 2.75) is 38.2 Å². The zero-order valence-electron chi connectivity index (χ0n) is 9.63. The highest BCUT2D eigenvalue weighted by Gasteiger charge is 2.39. The van der Waals surface area contributed by atoms with Crippen LogP contribution in [-0.4, -0.2) is 38.0 Å². The Morgan fingerprint density at radius 2 is 2.38 bits per heavy atom. The third-order valence-electron chi connectivity index (χ3n) is 3.58. The molecule has 6 heteroatoms. The molecule has 0 spiro atoms. The summed E-state index contributed by atoms with van der Waals surface area (Å²) < 4.78 is 0. The Morgan fingerprint density at radius 1 is 1.56 bits per heavy atom. The highest BCUT2D eigenvalue weighted by molar-refractivity contribution is 4.97. The molecule has 0 bridgehead atoms. The van der Waals surface area contributed by atoms with Gasteiger partial charge in [0.1, 0.15) is 0 Å². The van der Waals surface area contributed by atoms with Crippen LogP contribution >= 0.6 is 0 Å². The SMILES string of the molecule is Cn1nnc(CC2(CN)CCCCC2O)n1. The van der Waals surface area contributed by atoms with Gasteiger partial charge >= 0.3 is 0 Å². The van der Waals surface area contributed by atoms with Crippen LogP contribution in [-0.2, 0) is 13.5 Å². The molecule has 3 N–H and O–H groups in total. The van der Waals surface area contributed by atoms with E-state index in [0.717, 1.165) is 25.7 Å². The summed E-state index contributed by atoms with van der Waals surface area (Å²) in [5.41, 5.74) is 5.59. The van der Waals surface area contributed by atoms with Crippen molar-refractivity contribution in [1.82, 2.24) is 20.2 Å². The van der Waals surface area contributed by atoms with Crippen LogP contribution in [0.5, 0.6) is 0 Å². The molecule has 0 aliphatic heterocycles. The van der Waals surface area contributed by atoms with Crippen LogP contribution in [0.2, 0.25) is 0 Å². The van der Waals surface area contributed by atoms with Crippen LogP contribution in [0, 0.1) is 5.41 Å². The Hall–Kier alpha value is -1.01. The van der Waals surface area contributed by atoms with Crippen LogP contribution in [0.25, 0.3) is 0 Å². The summed E-state index contributed by atoms with van der Waals surface area (Å²) in [6.45, 7) is 0.479. The van der Waals surface area contributed by atoms with E-state index in [9.17, 15) is 5.11 Å². The maximum absolute atomic E-state index is 10.1.